The Kier molecular flexibility index (Phi) is 3.46. The molecule has 1 heterocycles. The lowest BCUT2D eigenvalue weighted by Gasteiger charge is -2.07. The zero-order valence-electron chi connectivity index (χ0n) is 7.87. The highest BCUT2D eigenvalue weighted by Gasteiger charge is 2.14. The van der Waals surface area contributed by atoms with Gasteiger partial charge in [0, 0.05) is 6.07 Å². The quantitative estimate of drug-likeness (QED) is 0.904. The third kappa shape index (κ3) is 2.04. The Bertz CT molecular complexity index is 365. The highest BCUT2D eigenvalue weighted by molar-refractivity contribution is 9.10. The Morgan fingerprint density at radius 1 is 1.71 bits per heavy atom. The molecule has 0 fully saturated rings. The van der Waals surface area contributed by atoms with E-state index in [1.54, 1.807) is 0 Å². The van der Waals surface area contributed by atoms with Crippen LogP contribution in [0.25, 0.3) is 0 Å². The highest BCUT2D eigenvalue weighted by atomic mass is 79.9. The number of carbonyl (C=O) groups is 1. The minimum Gasteiger partial charge on any atom is -0.481 e. The third-order valence-corrected chi connectivity index (χ3v) is 2.66. The smallest absolute Gasteiger partial charge is 0.337 e. The largest absolute Gasteiger partial charge is 0.481 e. The van der Waals surface area contributed by atoms with Crippen LogP contribution in [0.5, 0.6) is 5.88 Å². The van der Waals surface area contributed by atoms with Gasteiger partial charge >= 0.3 is 5.97 Å². The van der Waals surface area contributed by atoms with E-state index >= 15 is 0 Å². The summed E-state index contributed by atoms with van der Waals surface area (Å²) in [7, 11) is 1.46. The minimum atomic E-state index is -0.993. The van der Waals surface area contributed by atoms with Crippen LogP contribution in [-0.2, 0) is 6.42 Å². The SMILES string of the molecule is CCc1nc(OC)cc(C(=O)O)c1Br. The number of hydrogen-bond donors (Lipinski definition) is 1. The molecule has 0 saturated heterocycles. The number of ether oxygens (including phenoxy) is 1. The molecule has 1 rings (SSSR count). The summed E-state index contributed by atoms with van der Waals surface area (Å²) in [4.78, 5) is 15.0. The Hall–Kier alpha value is -1.10. The molecule has 14 heavy (non-hydrogen) atoms. The molecule has 5 heteroatoms. The number of pyridine rings is 1. The van der Waals surface area contributed by atoms with E-state index in [0.717, 1.165) is 0 Å². The van der Waals surface area contributed by atoms with Crippen LogP contribution < -0.4 is 4.74 Å². The number of methoxy groups -OCH3 is 1. The van der Waals surface area contributed by atoms with Crippen molar-refractivity contribution in [3.8, 4) is 5.88 Å². The van der Waals surface area contributed by atoms with E-state index in [9.17, 15) is 4.79 Å². The molecule has 0 spiro atoms. The van der Waals surface area contributed by atoms with E-state index in [4.69, 9.17) is 9.84 Å². The van der Waals surface area contributed by atoms with Gasteiger partial charge in [0.15, 0.2) is 0 Å². The van der Waals surface area contributed by atoms with E-state index in [1.807, 2.05) is 6.92 Å². The standard InChI is InChI=1S/C9H10BrNO3/c1-3-6-8(10)5(9(12)13)4-7(11-6)14-2/h4H,3H2,1-2H3,(H,12,13). The van der Waals surface area contributed by atoms with Crippen molar-refractivity contribution < 1.29 is 14.6 Å². The second-order valence-corrected chi connectivity index (χ2v) is 3.42. The Morgan fingerprint density at radius 2 is 2.36 bits per heavy atom. The van der Waals surface area contributed by atoms with Crippen molar-refractivity contribution in [2.24, 2.45) is 0 Å². The molecule has 0 bridgehead atoms. The molecule has 0 unspecified atom stereocenters. The molecule has 1 N–H and O–H groups in total. The fourth-order valence-electron chi connectivity index (χ4n) is 1.05. The van der Waals surface area contributed by atoms with Gasteiger partial charge in [-0.05, 0) is 22.4 Å². The molecule has 0 aliphatic rings. The molecular formula is C9H10BrNO3. The van der Waals surface area contributed by atoms with Crippen LogP contribution >= 0.6 is 15.9 Å². The summed E-state index contributed by atoms with van der Waals surface area (Å²) in [5.74, 6) is -0.672. The van der Waals surface area contributed by atoms with Gasteiger partial charge in [0.2, 0.25) is 5.88 Å². The van der Waals surface area contributed by atoms with Crippen molar-refractivity contribution in [3.63, 3.8) is 0 Å². The van der Waals surface area contributed by atoms with Crippen LogP contribution in [0, 0.1) is 0 Å². The van der Waals surface area contributed by atoms with Crippen molar-refractivity contribution in [1.29, 1.82) is 0 Å². The van der Waals surface area contributed by atoms with Gasteiger partial charge in [0.25, 0.3) is 0 Å². The zero-order chi connectivity index (χ0) is 10.7. The molecule has 76 valence electrons. The highest BCUT2D eigenvalue weighted by Crippen LogP contribution is 2.24. The molecule has 0 amide bonds. The maximum atomic E-state index is 10.8. The van der Waals surface area contributed by atoms with Gasteiger partial charge in [-0.3, -0.25) is 0 Å². The van der Waals surface area contributed by atoms with Crippen LogP contribution in [0.1, 0.15) is 23.0 Å². The number of carboxylic acids is 1. The molecule has 0 saturated carbocycles. The summed E-state index contributed by atoms with van der Waals surface area (Å²) in [6, 6.07) is 1.39. The first kappa shape index (κ1) is 11.0. The minimum absolute atomic E-state index is 0.175. The van der Waals surface area contributed by atoms with Gasteiger partial charge < -0.3 is 9.84 Å². The summed E-state index contributed by atoms with van der Waals surface area (Å²) >= 11 is 3.21. The van der Waals surface area contributed by atoms with Crippen molar-refractivity contribution in [3.05, 3.63) is 21.8 Å². The predicted octanol–water partition coefficient (Wildman–Crippen LogP) is 2.11. The van der Waals surface area contributed by atoms with Crippen LogP contribution in [0.15, 0.2) is 10.5 Å². The number of aryl methyl sites for hydroxylation is 1. The normalized spacial score (nSPS) is 9.93. The molecule has 0 atom stereocenters. The molecule has 0 aliphatic carbocycles. The molecule has 0 radical (unpaired) electrons. The molecule has 4 nitrogen and oxygen atoms in total. The van der Waals surface area contributed by atoms with Gasteiger partial charge in [-0.1, -0.05) is 6.92 Å². The lowest BCUT2D eigenvalue weighted by Crippen LogP contribution is -2.04. The van der Waals surface area contributed by atoms with Gasteiger partial charge in [-0.15, -0.1) is 0 Å². The van der Waals surface area contributed by atoms with Crippen molar-refractivity contribution in [2.45, 2.75) is 13.3 Å². The first-order valence-electron chi connectivity index (χ1n) is 4.06. The maximum Gasteiger partial charge on any atom is 0.337 e. The molecule has 0 aliphatic heterocycles. The van der Waals surface area contributed by atoms with E-state index in [-0.39, 0.29) is 5.56 Å². The average Bonchev–Trinajstić information content (AvgIpc) is 2.17. The van der Waals surface area contributed by atoms with Gasteiger partial charge in [0.1, 0.15) is 0 Å². The second-order valence-electron chi connectivity index (χ2n) is 2.63. The van der Waals surface area contributed by atoms with Crippen molar-refractivity contribution >= 4 is 21.9 Å². The first-order valence-corrected chi connectivity index (χ1v) is 4.86. The van der Waals surface area contributed by atoms with Gasteiger partial charge in [0.05, 0.1) is 22.8 Å². The fraction of sp³-hybridized carbons (Fsp3) is 0.333. The lowest BCUT2D eigenvalue weighted by atomic mass is 10.2. The maximum absolute atomic E-state index is 10.8. The number of aromatic carboxylic acids is 1. The number of halogens is 1. The fourth-order valence-corrected chi connectivity index (χ4v) is 1.70. The topological polar surface area (TPSA) is 59.4 Å². The van der Waals surface area contributed by atoms with Gasteiger partial charge in [-0.2, -0.15) is 0 Å². The van der Waals surface area contributed by atoms with Crippen molar-refractivity contribution in [2.75, 3.05) is 7.11 Å². The number of hydrogen-bond acceptors (Lipinski definition) is 3. The van der Waals surface area contributed by atoms with E-state index in [2.05, 4.69) is 20.9 Å². The van der Waals surface area contributed by atoms with Crippen LogP contribution in [0.2, 0.25) is 0 Å². The summed E-state index contributed by atoms with van der Waals surface area (Å²) in [6.07, 6.45) is 0.651. The first-order chi connectivity index (χ1) is 6.60. The molecule has 1 aromatic heterocycles. The molecule has 0 aromatic carbocycles. The van der Waals surface area contributed by atoms with E-state index in [1.165, 1.54) is 13.2 Å². The summed E-state index contributed by atoms with van der Waals surface area (Å²) in [6.45, 7) is 1.90. The van der Waals surface area contributed by atoms with E-state index in [0.29, 0.717) is 22.5 Å². The third-order valence-electron chi connectivity index (χ3n) is 1.78. The van der Waals surface area contributed by atoms with Gasteiger partial charge in [-0.25, -0.2) is 9.78 Å². The summed E-state index contributed by atoms with van der Waals surface area (Å²) in [5.41, 5.74) is 0.857. The average molecular weight is 260 g/mol. The van der Waals surface area contributed by atoms with Crippen LogP contribution in [0.3, 0.4) is 0 Å². The Balaban J connectivity index is 3.34. The van der Waals surface area contributed by atoms with Crippen molar-refractivity contribution in [1.82, 2.24) is 4.98 Å². The second kappa shape index (κ2) is 4.41. The Labute approximate surface area is 90.0 Å². The number of rotatable bonds is 3. The Morgan fingerprint density at radius 3 is 2.79 bits per heavy atom. The van der Waals surface area contributed by atoms with Crippen LogP contribution in [-0.4, -0.2) is 23.2 Å². The lowest BCUT2D eigenvalue weighted by molar-refractivity contribution is 0.0695. The summed E-state index contributed by atoms with van der Waals surface area (Å²) in [5, 5.41) is 8.89. The molecular weight excluding hydrogens is 250 g/mol. The van der Waals surface area contributed by atoms with Crippen LogP contribution in [0.4, 0.5) is 0 Å². The summed E-state index contributed by atoms with van der Waals surface area (Å²) < 4.78 is 5.43. The monoisotopic (exact) mass is 259 g/mol. The molecule has 1 aromatic rings. The number of carboxylic acid groups (broad SMARTS) is 1. The zero-order valence-corrected chi connectivity index (χ0v) is 9.46. The predicted molar refractivity (Wildman–Crippen MR) is 54.8 cm³/mol. The number of nitrogens with zero attached hydrogens (tertiary/aromatic N) is 1. The number of aromatic nitrogens is 1. The van der Waals surface area contributed by atoms with E-state index < -0.39 is 5.97 Å².